The smallest absolute Gasteiger partial charge is 0.123 e. The number of halogens is 1. The van der Waals surface area contributed by atoms with Crippen LogP contribution in [-0.4, -0.2) is 16.3 Å². The normalized spacial score (nSPS) is 14.6. The van der Waals surface area contributed by atoms with Crippen molar-refractivity contribution in [3.63, 3.8) is 0 Å². The minimum atomic E-state index is -0.208. The molecule has 2 aromatic rings. The number of hydrogen-bond acceptors (Lipinski definition) is 2. The molecule has 0 atom stereocenters. The number of rotatable bonds is 2. The van der Waals surface area contributed by atoms with Crippen LogP contribution in [0.5, 0.6) is 0 Å². The van der Waals surface area contributed by atoms with Gasteiger partial charge < -0.3 is 5.32 Å². The highest BCUT2D eigenvalue weighted by molar-refractivity contribution is 5.64. The average Bonchev–Trinajstić information content (AvgIpc) is 2.79. The van der Waals surface area contributed by atoms with Crippen molar-refractivity contribution in [1.82, 2.24) is 15.1 Å². The molecule has 4 heteroatoms. The van der Waals surface area contributed by atoms with Crippen LogP contribution >= 0.6 is 0 Å². The Morgan fingerprint density at radius 3 is 2.83 bits per heavy atom. The van der Waals surface area contributed by atoms with Gasteiger partial charge in [-0.2, -0.15) is 5.10 Å². The van der Waals surface area contributed by atoms with Gasteiger partial charge in [0.1, 0.15) is 5.82 Å². The highest BCUT2D eigenvalue weighted by Crippen LogP contribution is 2.27. The summed E-state index contributed by atoms with van der Waals surface area (Å²) in [6, 6.07) is 6.57. The first-order chi connectivity index (χ1) is 8.79. The van der Waals surface area contributed by atoms with E-state index in [1.807, 2.05) is 0 Å². The number of nitrogens with one attached hydrogen (secondary N) is 1. The molecule has 0 spiro atoms. The summed E-state index contributed by atoms with van der Waals surface area (Å²) in [4.78, 5) is 0. The number of hydrogen-bond donors (Lipinski definition) is 1. The van der Waals surface area contributed by atoms with E-state index in [1.165, 1.54) is 23.4 Å². The molecular weight excluding hydrogens is 229 g/mol. The molecule has 1 aromatic heterocycles. The molecule has 18 heavy (non-hydrogen) atoms. The van der Waals surface area contributed by atoms with E-state index in [0.717, 1.165) is 37.3 Å². The summed E-state index contributed by atoms with van der Waals surface area (Å²) in [5, 5.41) is 8.04. The molecular formula is C14H16FN3. The van der Waals surface area contributed by atoms with Crippen LogP contribution < -0.4 is 5.32 Å². The van der Waals surface area contributed by atoms with Crippen molar-refractivity contribution in [1.29, 1.82) is 0 Å². The zero-order valence-electron chi connectivity index (χ0n) is 10.4. The molecule has 0 bridgehead atoms. The van der Waals surface area contributed by atoms with Crippen LogP contribution in [0.4, 0.5) is 4.39 Å². The average molecular weight is 245 g/mol. The lowest BCUT2D eigenvalue weighted by Gasteiger charge is -2.15. The maximum atomic E-state index is 13.0. The van der Waals surface area contributed by atoms with E-state index in [1.54, 1.807) is 12.1 Å². The van der Waals surface area contributed by atoms with Crippen molar-refractivity contribution in [2.45, 2.75) is 26.4 Å². The van der Waals surface area contributed by atoms with E-state index in [9.17, 15) is 4.39 Å². The van der Waals surface area contributed by atoms with Crippen LogP contribution in [0, 0.1) is 5.82 Å². The lowest BCUT2D eigenvalue weighted by atomic mass is 10.0. The summed E-state index contributed by atoms with van der Waals surface area (Å²) in [6.07, 6.45) is 1.01. The minimum absolute atomic E-state index is 0.208. The summed E-state index contributed by atoms with van der Waals surface area (Å²) in [5.41, 5.74) is 4.55. The number of fused-ring (bicyclic) bond motifs is 1. The van der Waals surface area contributed by atoms with Crippen LogP contribution in [-0.2, 0) is 19.5 Å². The Morgan fingerprint density at radius 2 is 2.11 bits per heavy atom. The van der Waals surface area contributed by atoms with E-state index in [4.69, 9.17) is 0 Å². The Kier molecular flexibility index (Phi) is 2.88. The first kappa shape index (κ1) is 11.4. The largest absolute Gasteiger partial charge is 0.312 e. The predicted octanol–water partition coefficient (Wildman–Crippen LogP) is 2.35. The summed E-state index contributed by atoms with van der Waals surface area (Å²) in [5.74, 6) is -0.208. The highest BCUT2D eigenvalue weighted by Gasteiger charge is 2.20. The summed E-state index contributed by atoms with van der Waals surface area (Å²) < 4.78 is 15.0. The van der Waals surface area contributed by atoms with Gasteiger partial charge in [-0.3, -0.25) is 4.68 Å². The van der Waals surface area contributed by atoms with E-state index in [0.29, 0.717) is 0 Å². The van der Waals surface area contributed by atoms with E-state index < -0.39 is 0 Å². The van der Waals surface area contributed by atoms with Crippen molar-refractivity contribution in [2.75, 3.05) is 6.54 Å². The summed E-state index contributed by atoms with van der Waals surface area (Å²) in [6.45, 7) is 4.83. The monoisotopic (exact) mass is 245 g/mol. The first-order valence-electron chi connectivity index (χ1n) is 6.35. The molecule has 94 valence electrons. The van der Waals surface area contributed by atoms with Crippen LogP contribution in [0.2, 0.25) is 0 Å². The third-order valence-corrected chi connectivity index (χ3v) is 3.42. The third kappa shape index (κ3) is 1.82. The maximum absolute atomic E-state index is 13.0. The van der Waals surface area contributed by atoms with E-state index in [2.05, 4.69) is 22.0 Å². The summed E-state index contributed by atoms with van der Waals surface area (Å²) >= 11 is 0. The fraction of sp³-hybridized carbons (Fsp3) is 0.357. The van der Waals surface area contributed by atoms with E-state index >= 15 is 0 Å². The second-order valence-electron chi connectivity index (χ2n) is 4.52. The van der Waals surface area contributed by atoms with Gasteiger partial charge in [0, 0.05) is 42.9 Å². The lowest BCUT2D eigenvalue weighted by Crippen LogP contribution is -2.24. The standard InChI is InChI=1S/C14H16FN3/c1-2-18-13-7-8-16-9-12(13)14(17-18)10-3-5-11(15)6-4-10/h3-6,16H,2,7-9H2,1H3. The van der Waals surface area contributed by atoms with Gasteiger partial charge in [0.2, 0.25) is 0 Å². The first-order valence-corrected chi connectivity index (χ1v) is 6.35. The lowest BCUT2D eigenvalue weighted by molar-refractivity contribution is 0.572. The number of aryl methyl sites for hydroxylation is 1. The van der Waals surface area contributed by atoms with Crippen LogP contribution in [0.3, 0.4) is 0 Å². The molecule has 0 amide bonds. The number of benzene rings is 1. The second kappa shape index (κ2) is 4.53. The molecule has 1 aromatic carbocycles. The van der Waals surface area contributed by atoms with Crippen molar-refractivity contribution in [2.24, 2.45) is 0 Å². The van der Waals surface area contributed by atoms with Gasteiger partial charge in [0.25, 0.3) is 0 Å². The Hall–Kier alpha value is -1.68. The highest BCUT2D eigenvalue weighted by atomic mass is 19.1. The Morgan fingerprint density at radius 1 is 1.33 bits per heavy atom. The Labute approximate surface area is 106 Å². The van der Waals surface area contributed by atoms with Crippen LogP contribution in [0.1, 0.15) is 18.2 Å². The van der Waals surface area contributed by atoms with Crippen LogP contribution in [0.25, 0.3) is 11.3 Å². The maximum Gasteiger partial charge on any atom is 0.123 e. The zero-order valence-corrected chi connectivity index (χ0v) is 10.4. The number of nitrogens with zero attached hydrogens (tertiary/aromatic N) is 2. The molecule has 1 N–H and O–H groups in total. The Balaban J connectivity index is 2.11. The molecule has 0 fully saturated rings. The molecule has 0 radical (unpaired) electrons. The molecule has 0 unspecified atom stereocenters. The predicted molar refractivity (Wildman–Crippen MR) is 68.7 cm³/mol. The van der Waals surface area contributed by atoms with Gasteiger partial charge in [0.15, 0.2) is 0 Å². The fourth-order valence-electron chi connectivity index (χ4n) is 2.52. The molecule has 0 saturated heterocycles. The van der Waals surface area contributed by atoms with Crippen LogP contribution in [0.15, 0.2) is 24.3 Å². The van der Waals surface area contributed by atoms with Gasteiger partial charge in [0.05, 0.1) is 5.69 Å². The summed E-state index contributed by atoms with van der Waals surface area (Å²) in [7, 11) is 0. The minimum Gasteiger partial charge on any atom is -0.312 e. The van der Waals surface area contributed by atoms with Gasteiger partial charge in [-0.05, 0) is 31.2 Å². The molecule has 1 aliphatic heterocycles. The van der Waals surface area contributed by atoms with Crippen molar-refractivity contribution < 1.29 is 4.39 Å². The Bertz CT molecular complexity index is 557. The second-order valence-corrected chi connectivity index (χ2v) is 4.52. The van der Waals surface area contributed by atoms with Crippen molar-refractivity contribution in [3.8, 4) is 11.3 Å². The number of aromatic nitrogens is 2. The van der Waals surface area contributed by atoms with Gasteiger partial charge in [-0.15, -0.1) is 0 Å². The molecule has 3 rings (SSSR count). The van der Waals surface area contributed by atoms with Gasteiger partial charge in [-0.25, -0.2) is 4.39 Å². The topological polar surface area (TPSA) is 29.9 Å². The van der Waals surface area contributed by atoms with Gasteiger partial charge in [-0.1, -0.05) is 0 Å². The third-order valence-electron chi connectivity index (χ3n) is 3.42. The quantitative estimate of drug-likeness (QED) is 0.880. The fourth-order valence-corrected chi connectivity index (χ4v) is 2.52. The molecule has 0 saturated carbocycles. The SMILES string of the molecule is CCn1nc(-c2ccc(F)cc2)c2c1CCNC2. The van der Waals surface area contributed by atoms with Gasteiger partial charge >= 0.3 is 0 Å². The van der Waals surface area contributed by atoms with Crippen molar-refractivity contribution >= 4 is 0 Å². The van der Waals surface area contributed by atoms with Crippen molar-refractivity contribution in [3.05, 3.63) is 41.3 Å². The molecule has 1 aliphatic rings. The molecule has 2 heterocycles. The van der Waals surface area contributed by atoms with E-state index in [-0.39, 0.29) is 5.82 Å². The molecule has 0 aliphatic carbocycles. The zero-order chi connectivity index (χ0) is 12.5. The molecule has 3 nitrogen and oxygen atoms in total.